The summed E-state index contributed by atoms with van der Waals surface area (Å²) in [6, 6.07) is 3.97. The van der Waals surface area contributed by atoms with Gasteiger partial charge in [-0.05, 0) is 75.3 Å². The quantitative estimate of drug-likeness (QED) is 0.234. The van der Waals surface area contributed by atoms with E-state index in [9.17, 15) is 17.6 Å². The van der Waals surface area contributed by atoms with Gasteiger partial charge in [0.2, 0.25) is 11.7 Å². The zero-order valence-corrected chi connectivity index (χ0v) is 24.2. The molecular weight excluding hydrogens is 565 g/mol. The fourth-order valence-electron chi connectivity index (χ4n) is 6.32. The number of sulfonamides is 1. The Morgan fingerprint density at radius 2 is 1.95 bits per heavy atom. The van der Waals surface area contributed by atoms with Gasteiger partial charge in [-0.3, -0.25) is 9.48 Å². The molecule has 0 amide bonds. The number of carbonyl (C=O) groups excluding carboxylic acids is 1. The van der Waals surface area contributed by atoms with E-state index in [2.05, 4.69) is 20.2 Å². The van der Waals surface area contributed by atoms with Crippen LogP contribution in [-0.4, -0.2) is 60.1 Å². The number of Topliss-reactive ketones (excluding diaryl/α,β-unsaturated/α-hetero) is 1. The summed E-state index contributed by atoms with van der Waals surface area (Å²) in [6.07, 6.45) is 12.0. The van der Waals surface area contributed by atoms with Gasteiger partial charge in [0.25, 0.3) is 10.0 Å². The van der Waals surface area contributed by atoms with E-state index in [4.69, 9.17) is 0 Å². The number of nitrogens with zero attached hydrogens (tertiary/aromatic N) is 7. The van der Waals surface area contributed by atoms with E-state index >= 15 is 0 Å². The maximum Gasteiger partial charge on any atom is 0.262 e. The number of allylic oxidation sites excluding steroid dienone is 1. The Kier molecular flexibility index (Phi) is 6.10. The van der Waals surface area contributed by atoms with Crippen molar-refractivity contribution in [3.63, 3.8) is 0 Å². The molecule has 0 aliphatic heterocycles. The maximum atomic E-state index is 14.4. The number of rotatable bonds is 7. The Morgan fingerprint density at radius 1 is 1.12 bits per heavy atom. The van der Waals surface area contributed by atoms with Gasteiger partial charge in [-0.2, -0.15) is 18.9 Å². The van der Waals surface area contributed by atoms with Gasteiger partial charge in [0, 0.05) is 36.4 Å². The molecule has 0 radical (unpaired) electrons. The first-order valence-electron chi connectivity index (χ1n) is 13.6. The lowest BCUT2D eigenvalue weighted by molar-refractivity contribution is 0.0738. The van der Waals surface area contributed by atoms with Gasteiger partial charge in [0.1, 0.15) is 0 Å². The van der Waals surface area contributed by atoms with Crippen LogP contribution in [0.1, 0.15) is 58.0 Å². The molecule has 10 nitrogen and oxygen atoms in total. The van der Waals surface area contributed by atoms with Crippen LogP contribution in [-0.2, 0) is 23.5 Å². The summed E-state index contributed by atoms with van der Waals surface area (Å²) in [4.78, 5) is 23.6. The Bertz CT molecular complexity index is 1800. The molecule has 3 aliphatic rings. The fraction of sp³-hybridized carbons (Fsp3) is 0.393. The summed E-state index contributed by atoms with van der Waals surface area (Å²) >= 11 is 1.36. The lowest BCUT2D eigenvalue weighted by Crippen LogP contribution is -2.51. The Labute approximate surface area is 240 Å². The van der Waals surface area contributed by atoms with Gasteiger partial charge in [-0.15, -0.1) is 11.3 Å². The van der Waals surface area contributed by atoms with Crippen LogP contribution >= 0.6 is 11.3 Å². The van der Waals surface area contributed by atoms with Crippen molar-refractivity contribution in [1.29, 1.82) is 0 Å². The SMILES string of the molecule is Cc1cnc(C(=O)[C@]23Cc4cnn(-c5ccc(F)nc5)c4C=C2CC[C@H](N(C2CC2)S(=O)(=O)c2ccn(C)n2)C3)s1. The number of ketones is 1. The minimum Gasteiger partial charge on any atom is -0.290 e. The Hall–Kier alpha value is -3.55. The maximum absolute atomic E-state index is 14.4. The normalized spacial score (nSPS) is 22.3. The molecule has 7 rings (SSSR count). The van der Waals surface area contributed by atoms with Crippen molar-refractivity contribution in [2.24, 2.45) is 12.5 Å². The number of hydrogen-bond acceptors (Lipinski definition) is 8. The van der Waals surface area contributed by atoms with E-state index in [0.29, 0.717) is 36.4 Å². The van der Waals surface area contributed by atoms with Crippen molar-refractivity contribution in [3.05, 3.63) is 75.6 Å². The minimum atomic E-state index is -3.86. The molecule has 2 fully saturated rings. The second-order valence-electron chi connectivity index (χ2n) is 11.1. The molecule has 2 atom stereocenters. The van der Waals surface area contributed by atoms with Crippen LogP contribution in [0.15, 0.2) is 53.6 Å². The lowest BCUT2D eigenvalue weighted by atomic mass is 9.61. The van der Waals surface area contributed by atoms with Crippen LogP contribution in [0.25, 0.3) is 11.8 Å². The Morgan fingerprint density at radius 3 is 2.61 bits per heavy atom. The van der Waals surface area contributed by atoms with E-state index in [0.717, 1.165) is 34.5 Å². The summed E-state index contributed by atoms with van der Waals surface area (Å²) in [6.45, 7) is 1.92. The monoisotopic (exact) mass is 593 g/mol. The standard InChI is InChI=1S/C28H28FN7O3S2/c1-17-14-31-27(40-17)26(37)28-12-18-15-32-35(22-7-8-24(29)30-16-22)23(18)11-19(28)3-4-21(13-28)36(20-5-6-20)41(38,39)25-9-10-34(2)33-25/h7-11,14-16,20-21H,3-6,12-13H2,1-2H3/t21-,28-/m0/s1. The number of thiazole rings is 1. The molecule has 41 heavy (non-hydrogen) atoms. The van der Waals surface area contributed by atoms with E-state index < -0.39 is 21.4 Å². The number of aromatic nitrogens is 6. The van der Waals surface area contributed by atoms with Crippen molar-refractivity contribution < 1.29 is 17.6 Å². The van der Waals surface area contributed by atoms with Gasteiger partial charge in [-0.25, -0.2) is 23.1 Å². The third-order valence-electron chi connectivity index (χ3n) is 8.34. The van der Waals surface area contributed by atoms with Crippen LogP contribution in [0.5, 0.6) is 0 Å². The van der Waals surface area contributed by atoms with Gasteiger partial charge in [0.05, 0.1) is 29.2 Å². The first-order valence-corrected chi connectivity index (χ1v) is 15.8. The van der Waals surface area contributed by atoms with E-state index in [1.165, 1.54) is 34.3 Å². The van der Waals surface area contributed by atoms with Crippen LogP contribution < -0.4 is 0 Å². The topological polar surface area (TPSA) is 116 Å². The highest BCUT2D eigenvalue weighted by molar-refractivity contribution is 7.89. The second kappa shape index (κ2) is 9.50. The summed E-state index contributed by atoms with van der Waals surface area (Å²) in [5, 5.41) is 9.25. The molecule has 4 aromatic heterocycles. The molecular formula is C28H28FN7O3S2. The van der Waals surface area contributed by atoms with E-state index in [-0.39, 0.29) is 22.9 Å². The summed E-state index contributed by atoms with van der Waals surface area (Å²) in [7, 11) is -2.16. The average Bonchev–Trinajstić information content (AvgIpc) is 3.29. The molecule has 0 bridgehead atoms. The summed E-state index contributed by atoms with van der Waals surface area (Å²) in [5.74, 6) is -0.657. The smallest absolute Gasteiger partial charge is 0.262 e. The second-order valence-corrected chi connectivity index (χ2v) is 14.2. The zero-order valence-electron chi connectivity index (χ0n) is 22.6. The number of carbonyl (C=O) groups is 1. The molecule has 0 spiro atoms. The Balaban J connectivity index is 1.31. The highest BCUT2D eigenvalue weighted by Crippen LogP contribution is 2.53. The molecule has 212 valence electrons. The zero-order chi connectivity index (χ0) is 28.5. The van der Waals surface area contributed by atoms with Crippen molar-refractivity contribution in [2.75, 3.05) is 0 Å². The number of halogens is 1. The minimum absolute atomic E-state index is 0.0317. The molecule has 3 aliphatic carbocycles. The van der Waals surface area contributed by atoms with Crippen LogP contribution in [0.4, 0.5) is 4.39 Å². The van der Waals surface area contributed by atoms with Crippen molar-refractivity contribution in [2.45, 2.75) is 62.6 Å². The molecule has 0 aromatic carbocycles. The first-order chi connectivity index (χ1) is 19.7. The molecule has 0 unspecified atom stereocenters. The fourth-order valence-corrected chi connectivity index (χ4v) is 8.98. The summed E-state index contributed by atoms with van der Waals surface area (Å²) < 4.78 is 46.2. The highest BCUT2D eigenvalue weighted by atomic mass is 32.2. The molecule has 4 heterocycles. The number of hydrogen-bond donors (Lipinski definition) is 0. The molecule has 13 heteroatoms. The third-order valence-corrected chi connectivity index (χ3v) is 11.1. The van der Waals surface area contributed by atoms with E-state index in [1.54, 1.807) is 40.7 Å². The lowest BCUT2D eigenvalue weighted by Gasteiger charge is -2.46. The van der Waals surface area contributed by atoms with Crippen molar-refractivity contribution in [1.82, 2.24) is 33.8 Å². The van der Waals surface area contributed by atoms with Crippen LogP contribution in [0.2, 0.25) is 0 Å². The van der Waals surface area contributed by atoms with E-state index in [1.807, 2.05) is 13.0 Å². The number of aryl methyl sites for hydroxylation is 2. The number of pyridine rings is 1. The molecule has 4 aromatic rings. The highest BCUT2D eigenvalue weighted by Gasteiger charge is 2.54. The predicted octanol–water partition coefficient (Wildman–Crippen LogP) is 4.12. The molecule has 0 saturated heterocycles. The van der Waals surface area contributed by atoms with Crippen LogP contribution in [0.3, 0.4) is 0 Å². The van der Waals surface area contributed by atoms with Gasteiger partial charge < -0.3 is 0 Å². The largest absolute Gasteiger partial charge is 0.290 e. The molecule has 2 saturated carbocycles. The first kappa shape index (κ1) is 26.4. The van der Waals surface area contributed by atoms with Crippen molar-refractivity contribution in [3.8, 4) is 5.69 Å². The average molecular weight is 594 g/mol. The van der Waals surface area contributed by atoms with Crippen molar-refractivity contribution >= 4 is 33.2 Å². The van der Waals surface area contributed by atoms with Gasteiger partial charge in [-0.1, -0.05) is 5.57 Å². The van der Waals surface area contributed by atoms with Gasteiger partial charge in [0.15, 0.2) is 10.0 Å². The third kappa shape index (κ3) is 4.37. The summed E-state index contributed by atoms with van der Waals surface area (Å²) in [5.41, 5.74) is 2.30. The molecule has 0 N–H and O–H groups in total. The van der Waals surface area contributed by atoms with Gasteiger partial charge >= 0.3 is 0 Å². The number of fused-ring (bicyclic) bond motifs is 2. The van der Waals surface area contributed by atoms with Crippen LogP contribution in [0, 0.1) is 18.3 Å². The predicted molar refractivity (Wildman–Crippen MR) is 150 cm³/mol.